The number of carbonyl (C=O) groups excluding carboxylic acids is 1. The molecule has 0 saturated heterocycles. The van der Waals surface area contributed by atoms with Gasteiger partial charge in [0, 0.05) is 0 Å². The minimum atomic E-state index is -0.346. The van der Waals surface area contributed by atoms with Crippen molar-refractivity contribution < 1.29 is 13.6 Å². The van der Waals surface area contributed by atoms with Crippen LogP contribution in [0.4, 0.5) is 0 Å². The fraction of sp³-hybridized carbons (Fsp3) is 0.357. The summed E-state index contributed by atoms with van der Waals surface area (Å²) in [5, 5.41) is 0. The molecule has 0 spiro atoms. The van der Waals surface area contributed by atoms with Gasteiger partial charge >= 0.3 is 0 Å². The topological polar surface area (TPSA) is 84.6 Å². The van der Waals surface area contributed by atoms with Crippen LogP contribution in [0.5, 0.6) is 0 Å². The second-order valence-electron chi connectivity index (χ2n) is 4.84. The van der Waals surface area contributed by atoms with Crippen LogP contribution in [-0.4, -0.2) is 17.9 Å². The van der Waals surface area contributed by atoms with Gasteiger partial charge in [-0.25, -0.2) is 5.84 Å². The van der Waals surface area contributed by atoms with Crippen molar-refractivity contribution in [3.8, 4) is 0 Å². The maximum Gasteiger partial charge on any atom is 0.268 e. The monoisotopic (exact) mass is 277 g/mol. The number of hydrogen-bond acceptors (Lipinski definition) is 5. The van der Waals surface area contributed by atoms with Crippen LogP contribution in [0.1, 0.15) is 33.4 Å². The summed E-state index contributed by atoms with van der Waals surface area (Å²) >= 11 is 0. The zero-order valence-corrected chi connectivity index (χ0v) is 11.9. The van der Waals surface area contributed by atoms with E-state index in [0.717, 1.165) is 11.5 Å². The first-order valence-corrected chi connectivity index (χ1v) is 6.33. The van der Waals surface area contributed by atoms with Gasteiger partial charge in [-0.3, -0.25) is 15.1 Å². The van der Waals surface area contributed by atoms with Gasteiger partial charge < -0.3 is 8.83 Å². The third kappa shape index (κ3) is 3.28. The molecule has 2 rings (SSSR count). The average molecular weight is 277 g/mol. The SMILES string of the molecule is Cc1ccc(CN(C)Cc2cc(C(=O)NN)c(C)o2)o1. The Morgan fingerprint density at radius 1 is 1.25 bits per heavy atom. The maximum absolute atomic E-state index is 11.5. The number of hydrogen-bond donors (Lipinski definition) is 2. The number of aryl methyl sites for hydroxylation is 2. The third-order valence-corrected chi connectivity index (χ3v) is 2.99. The number of hydrazine groups is 1. The zero-order valence-electron chi connectivity index (χ0n) is 11.9. The van der Waals surface area contributed by atoms with Gasteiger partial charge in [-0.15, -0.1) is 0 Å². The van der Waals surface area contributed by atoms with Crippen molar-refractivity contribution in [1.82, 2.24) is 10.3 Å². The summed E-state index contributed by atoms with van der Waals surface area (Å²) in [6.07, 6.45) is 0. The number of furan rings is 2. The van der Waals surface area contributed by atoms with Gasteiger partial charge in [0.15, 0.2) is 0 Å². The number of amides is 1. The fourth-order valence-electron chi connectivity index (χ4n) is 2.08. The second-order valence-corrected chi connectivity index (χ2v) is 4.84. The normalized spacial score (nSPS) is 11.1. The number of rotatable bonds is 5. The van der Waals surface area contributed by atoms with Gasteiger partial charge in [-0.1, -0.05) is 0 Å². The molecule has 6 nitrogen and oxygen atoms in total. The quantitative estimate of drug-likeness (QED) is 0.494. The predicted molar refractivity (Wildman–Crippen MR) is 73.7 cm³/mol. The highest BCUT2D eigenvalue weighted by atomic mass is 16.3. The fourth-order valence-corrected chi connectivity index (χ4v) is 2.08. The summed E-state index contributed by atoms with van der Waals surface area (Å²) in [5.74, 6) is 7.84. The highest BCUT2D eigenvalue weighted by Gasteiger charge is 2.15. The first kappa shape index (κ1) is 14.4. The molecule has 0 saturated carbocycles. The molecule has 3 N–H and O–H groups in total. The number of nitrogens with zero attached hydrogens (tertiary/aromatic N) is 1. The van der Waals surface area contributed by atoms with Crippen LogP contribution in [-0.2, 0) is 13.1 Å². The summed E-state index contributed by atoms with van der Waals surface area (Å²) in [6, 6.07) is 5.60. The van der Waals surface area contributed by atoms with E-state index in [1.807, 2.05) is 31.0 Å². The van der Waals surface area contributed by atoms with E-state index < -0.39 is 0 Å². The Kier molecular flexibility index (Phi) is 4.26. The molecule has 0 atom stereocenters. The van der Waals surface area contributed by atoms with Crippen molar-refractivity contribution in [2.75, 3.05) is 7.05 Å². The van der Waals surface area contributed by atoms with E-state index in [9.17, 15) is 4.79 Å². The molecule has 0 aliphatic rings. The molecule has 20 heavy (non-hydrogen) atoms. The van der Waals surface area contributed by atoms with Crippen molar-refractivity contribution in [1.29, 1.82) is 0 Å². The second kappa shape index (κ2) is 5.94. The summed E-state index contributed by atoms with van der Waals surface area (Å²) in [6.45, 7) is 4.91. The van der Waals surface area contributed by atoms with Crippen LogP contribution >= 0.6 is 0 Å². The molecule has 0 aromatic carbocycles. The number of nitrogens with two attached hydrogens (primary N) is 1. The molecular weight excluding hydrogens is 258 g/mol. The Bertz CT molecular complexity index is 601. The van der Waals surface area contributed by atoms with Gasteiger partial charge in [-0.2, -0.15) is 0 Å². The van der Waals surface area contributed by atoms with Crippen molar-refractivity contribution >= 4 is 5.91 Å². The van der Waals surface area contributed by atoms with Crippen LogP contribution in [0.3, 0.4) is 0 Å². The predicted octanol–water partition coefficient (Wildman–Crippen LogP) is 1.72. The molecule has 2 aromatic rings. The van der Waals surface area contributed by atoms with Crippen molar-refractivity contribution in [3.05, 3.63) is 46.8 Å². The average Bonchev–Trinajstić information content (AvgIpc) is 2.94. The smallest absolute Gasteiger partial charge is 0.268 e. The first-order chi connectivity index (χ1) is 9.49. The Hall–Kier alpha value is -2.05. The Morgan fingerprint density at radius 3 is 2.55 bits per heavy atom. The Labute approximate surface area is 117 Å². The molecular formula is C14H19N3O3. The number of nitrogen functional groups attached to an aromatic ring is 1. The molecule has 1 amide bonds. The largest absolute Gasteiger partial charge is 0.465 e. The Morgan fingerprint density at radius 2 is 1.95 bits per heavy atom. The van der Waals surface area contributed by atoms with Gasteiger partial charge in [0.25, 0.3) is 5.91 Å². The lowest BCUT2D eigenvalue weighted by molar-refractivity contribution is 0.0952. The summed E-state index contributed by atoms with van der Waals surface area (Å²) in [4.78, 5) is 13.5. The van der Waals surface area contributed by atoms with Crippen molar-refractivity contribution in [2.45, 2.75) is 26.9 Å². The number of nitrogens with one attached hydrogen (secondary N) is 1. The standard InChI is InChI=1S/C14H19N3O3/c1-9-4-5-11(19-9)7-17(3)8-12-6-13(10(2)20-12)14(18)16-15/h4-6H,7-8,15H2,1-3H3,(H,16,18). The molecule has 6 heteroatoms. The van der Waals surface area contributed by atoms with E-state index in [-0.39, 0.29) is 5.91 Å². The van der Waals surface area contributed by atoms with Crippen LogP contribution in [0.25, 0.3) is 0 Å². The first-order valence-electron chi connectivity index (χ1n) is 6.33. The zero-order chi connectivity index (χ0) is 14.7. The highest BCUT2D eigenvalue weighted by molar-refractivity contribution is 5.94. The summed E-state index contributed by atoms with van der Waals surface area (Å²) in [5.41, 5.74) is 2.57. The van der Waals surface area contributed by atoms with Crippen LogP contribution in [0, 0.1) is 13.8 Å². The van der Waals surface area contributed by atoms with Crippen molar-refractivity contribution in [3.63, 3.8) is 0 Å². The molecule has 0 unspecified atom stereocenters. The van der Waals surface area contributed by atoms with E-state index in [1.165, 1.54) is 0 Å². The lowest BCUT2D eigenvalue weighted by atomic mass is 10.2. The van der Waals surface area contributed by atoms with Crippen LogP contribution < -0.4 is 11.3 Å². The van der Waals surface area contributed by atoms with E-state index in [4.69, 9.17) is 14.7 Å². The van der Waals surface area contributed by atoms with Crippen LogP contribution in [0.2, 0.25) is 0 Å². The lowest BCUT2D eigenvalue weighted by Crippen LogP contribution is -2.30. The van der Waals surface area contributed by atoms with Gasteiger partial charge in [-0.05, 0) is 39.1 Å². The molecule has 0 radical (unpaired) electrons. The summed E-state index contributed by atoms with van der Waals surface area (Å²) < 4.78 is 11.1. The molecule has 0 fully saturated rings. The lowest BCUT2D eigenvalue weighted by Gasteiger charge is -2.12. The molecule has 108 valence electrons. The van der Waals surface area contributed by atoms with E-state index in [0.29, 0.717) is 30.2 Å². The third-order valence-electron chi connectivity index (χ3n) is 2.99. The van der Waals surface area contributed by atoms with Crippen molar-refractivity contribution in [2.24, 2.45) is 5.84 Å². The minimum absolute atomic E-state index is 0.346. The number of carbonyl (C=O) groups is 1. The van der Waals surface area contributed by atoms with Gasteiger partial charge in [0.1, 0.15) is 23.0 Å². The summed E-state index contributed by atoms with van der Waals surface area (Å²) in [7, 11) is 1.96. The molecule has 0 aliphatic carbocycles. The maximum atomic E-state index is 11.5. The minimum Gasteiger partial charge on any atom is -0.465 e. The van der Waals surface area contributed by atoms with E-state index in [1.54, 1.807) is 13.0 Å². The molecule has 0 bridgehead atoms. The van der Waals surface area contributed by atoms with Gasteiger partial charge in [0.05, 0.1) is 18.7 Å². The Balaban J connectivity index is 2.01. The highest BCUT2D eigenvalue weighted by Crippen LogP contribution is 2.17. The van der Waals surface area contributed by atoms with E-state index >= 15 is 0 Å². The van der Waals surface area contributed by atoms with Gasteiger partial charge in [0.2, 0.25) is 0 Å². The molecule has 0 aliphatic heterocycles. The van der Waals surface area contributed by atoms with E-state index in [2.05, 4.69) is 5.43 Å². The molecule has 2 aromatic heterocycles. The van der Waals surface area contributed by atoms with Crippen LogP contribution in [0.15, 0.2) is 27.0 Å². The molecule has 2 heterocycles.